The zero-order chi connectivity index (χ0) is 13.7. The minimum Gasteiger partial charge on any atom is -0.423 e. The van der Waals surface area contributed by atoms with Gasteiger partial charge in [-0.1, -0.05) is 13.3 Å². The predicted octanol–water partition coefficient (Wildman–Crippen LogP) is 2.48. The largest absolute Gasteiger partial charge is 0.423 e. The number of rotatable bonds is 8. The number of hydrogen-bond acceptors (Lipinski definition) is 3. The Balaban J connectivity index is 4.97. The van der Waals surface area contributed by atoms with Gasteiger partial charge in [0.15, 0.2) is 22.4 Å². The SMILES string of the molecule is CCCC(CO[SiH3])(O[Si](C)(C)C)O[Si](C)(C)C. The van der Waals surface area contributed by atoms with Gasteiger partial charge in [-0.25, -0.2) is 0 Å². The zero-order valence-corrected chi connectivity index (χ0v) is 16.8. The van der Waals surface area contributed by atoms with Crippen molar-refractivity contribution < 1.29 is 13.3 Å². The molecule has 0 aliphatic carbocycles. The van der Waals surface area contributed by atoms with Crippen LogP contribution in [0.1, 0.15) is 19.8 Å². The maximum absolute atomic E-state index is 6.33. The summed E-state index contributed by atoms with van der Waals surface area (Å²) >= 11 is 0. The average molecular weight is 295 g/mol. The third-order valence-corrected chi connectivity index (χ3v) is 4.24. The smallest absolute Gasteiger partial charge is 0.187 e. The Morgan fingerprint density at radius 3 is 1.59 bits per heavy atom. The van der Waals surface area contributed by atoms with Crippen molar-refractivity contribution in [3.8, 4) is 0 Å². The van der Waals surface area contributed by atoms with Crippen LogP contribution in [0.25, 0.3) is 0 Å². The van der Waals surface area contributed by atoms with Crippen LogP contribution < -0.4 is 0 Å². The van der Waals surface area contributed by atoms with E-state index in [9.17, 15) is 0 Å². The minimum absolute atomic E-state index is 0.495. The maximum Gasteiger partial charge on any atom is 0.187 e. The predicted molar refractivity (Wildman–Crippen MR) is 82.4 cm³/mol. The molecule has 0 fully saturated rings. The van der Waals surface area contributed by atoms with Gasteiger partial charge in [-0.2, -0.15) is 0 Å². The molecule has 0 saturated heterocycles. The van der Waals surface area contributed by atoms with Gasteiger partial charge in [0.25, 0.3) is 0 Å². The topological polar surface area (TPSA) is 27.7 Å². The van der Waals surface area contributed by atoms with E-state index in [0.29, 0.717) is 6.61 Å². The Bertz CT molecular complexity index is 197. The van der Waals surface area contributed by atoms with E-state index in [1.807, 2.05) is 0 Å². The Morgan fingerprint density at radius 1 is 0.941 bits per heavy atom. The van der Waals surface area contributed by atoms with E-state index >= 15 is 0 Å². The summed E-state index contributed by atoms with van der Waals surface area (Å²) in [7, 11) is -2.54. The summed E-state index contributed by atoms with van der Waals surface area (Å²) in [5.41, 5.74) is 0. The van der Waals surface area contributed by atoms with Crippen molar-refractivity contribution >= 4 is 27.1 Å². The molecule has 104 valence electrons. The van der Waals surface area contributed by atoms with Crippen LogP contribution in [0.3, 0.4) is 0 Å². The van der Waals surface area contributed by atoms with Crippen molar-refractivity contribution in [2.75, 3.05) is 6.61 Å². The monoisotopic (exact) mass is 294 g/mol. The standard InChI is InChI=1S/C11H30O3Si3/c1-8-9-11(10-12-15,13-16(2,3)4)14-17(5,6)7/h8-10H2,1-7,15H3. The molecule has 0 aromatic rings. The van der Waals surface area contributed by atoms with Gasteiger partial charge in [0.1, 0.15) is 10.5 Å². The fourth-order valence-electron chi connectivity index (χ4n) is 1.97. The second-order valence-electron chi connectivity index (χ2n) is 6.52. The molecule has 0 aliphatic heterocycles. The normalized spacial score (nSPS) is 14.3. The van der Waals surface area contributed by atoms with Crippen LogP contribution >= 0.6 is 0 Å². The lowest BCUT2D eigenvalue weighted by molar-refractivity contribution is -0.155. The third kappa shape index (κ3) is 8.28. The van der Waals surface area contributed by atoms with Crippen molar-refractivity contribution in [3.63, 3.8) is 0 Å². The molecule has 0 rings (SSSR count). The Labute approximate surface area is 112 Å². The lowest BCUT2D eigenvalue weighted by Crippen LogP contribution is -2.53. The highest BCUT2D eigenvalue weighted by molar-refractivity contribution is 6.71. The van der Waals surface area contributed by atoms with Gasteiger partial charge in [0.2, 0.25) is 0 Å². The van der Waals surface area contributed by atoms with E-state index in [1.54, 1.807) is 0 Å². The van der Waals surface area contributed by atoms with Crippen LogP contribution in [-0.4, -0.2) is 39.5 Å². The summed E-state index contributed by atoms with van der Waals surface area (Å²) < 4.78 is 18.1. The fraction of sp³-hybridized carbons (Fsp3) is 1.00. The summed E-state index contributed by atoms with van der Waals surface area (Å²) in [5, 5.41) is 0. The second-order valence-corrected chi connectivity index (χ2v) is 16.0. The van der Waals surface area contributed by atoms with Crippen molar-refractivity contribution in [3.05, 3.63) is 0 Å². The molecule has 0 heterocycles. The molecule has 0 aliphatic rings. The first-order valence-corrected chi connectivity index (χ1v) is 14.1. The van der Waals surface area contributed by atoms with E-state index in [0.717, 1.165) is 23.3 Å². The van der Waals surface area contributed by atoms with E-state index < -0.39 is 22.4 Å². The summed E-state index contributed by atoms with van der Waals surface area (Å²) in [6.07, 6.45) is 1.98. The molecule has 6 heteroatoms. The van der Waals surface area contributed by atoms with Crippen LogP contribution in [0.5, 0.6) is 0 Å². The Hall–Kier alpha value is 0.531. The van der Waals surface area contributed by atoms with Gasteiger partial charge in [0.05, 0.1) is 6.61 Å². The third-order valence-electron chi connectivity index (χ3n) is 1.98. The summed E-state index contributed by atoms with van der Waals surface area (Å²) in [6.45, 7) is 16.0. The molecule has 0 unspecified atom stereocenters. The van der Waals surface area contributed by atoms with Crippen molar-refractivity contribution in [1.29, 1.82) is 0 Å². The second kappa shape index (κ2) is 6.63. The van der Waals surface area contributed by atoms with Gasteiger partial charge in [-0.05, 0) is 39.3 Å². The molecule has 0 aromatic heterocycles. The highest BCUT2D eigenvalue weighted by Crippen LogP contribution is 2.29. The van der Waals surface area contributed by atoms with Gasteiger partial charge in [-0.3, -0.25) is 0 Å². The van der Waals surface area contributed by atoms with Gasteiger partial charge < -0.3 is 13.3 Å². The van der Waals surface area contributed by atoms with E-state index in [-0.39, 0.29) is 0 Å². The average Bonchev–Trinajstić information content (AvgIpc) is 1.96. The first kappa shape index (κ1) is 17.5. The molecule has 0 aromatic carbocycles. The molecule has 0 amide bonds. The molecular weight excluding hydrogens is 264 g/mol. The highest BCUT2D eigenvalue weighted by Gasteiger charge is 2.39. The van der Waals surface area contributed by atoms with Gasteiger partial charge >= 0.3 is 0 Å². The van der Waals surface area contributed by atoms with Crippen molar-refractivity contribution in [2.45, 2.75) is 64.8 Å². The molecule has 0 atom stereocenters. The van der Waals surface area contributed by atoms with E-state index in [4.69, 9.17) is 13.3 Å². The molecule has 0 bridgehead atoms. The molecular formula is C11H30O3Si3. The molecule has 0 spiro atoms. The van der Waals surface area contributed by atoms with E-state index in [2.05, 4.69) is 46.2 Å². The quantitative estimate of drug-likeness (QED) is 0.508. The van der Waals surface area contributed by atoms with E-state index in [1.165, 1.54) is 0 Å². The zero-order valence-electron chi connectivity index (χ0n) is 12.8. The molecule has 0 N–H and O–H groups in total. The minimum atomic E-state index is -1.63. The number of hydrogen-bond donors (Lipinski definition) is 0. The highest BCUT2D eigenvalue weighted by atomic mass is 28.4. The van der Waals surface area contributed by atoms with Crippen LogP contribution in [0.4, 0.5) is 0 Å². The lowest BCUT2D eigenvalue weighted by Gasteiger charge is -2.42. The van der Waals surface area contributed by atoms with Crippen LogP contribution in [0, 0.1) is 0 Å². The van der Waals surface area contributed by atoms with Gasteiger partial charge in [0, 0.05) is 6.42 Å². The Kier molecular flexibility index (Phi) is 6.83. The van der Waals surface area contributed by atoms with Crippen LogP contribution in [-0.2, 0) is 13.3 Å². The summed E-state index contributed by atoms with van der Waals surface area (Å²) in [4.78, 5) is 0. The maximum atomic E-state index is 6.33. The first-order chi connectivity index (χ1) is 7.54. The van der Waals surface area contributed by atoms with Crippen LogP contribution in [0.15, 0.2) is 0 Å². The fourth-order valence-corrected chi connectivity index (χ4v) is 5.13. The lowest BCUT2D eigenvalue weighted by atomic mass is 10.2. The summed E-state index contributed by atoms with van der Waals surface area (Å²) in [6, 6.07) is 0. The first-order valence-electron chi connectivity index (χ1n) is 6.43. The molecule has 0 radical (unpaired) electrons. The van der Waals surface area contributed by atoms with Crippen molar-refractivity contribution in [1.82, 2.24) is 0 Å². The molecule has 0 saturated carbocycles. The van der Waals surface area contributed by atoms with Crippen LogP contribution in [0.2, 0.25) is 39.3 Å². The summed E-state index contributed by atoms with van der Waals surface area (Å²) in [5.74, 6) is -0.495. The van der Waals surface area contributed by atoms with Crippen molar-refractivity contribution in [2.24, 2.45) is 0 Å². The molecule has 17 heavy (non-hydrogen) atoms. The molecule has 3 nitrogen and oxygen atoms in total. The Morgan fingerprint density at radius 2 is 1.35 bits per heavy atom. The van der Waals surface area contributed by atoms with Gasteiger partial charge in [-0.15, -0.1) is 0 Å².